The molecule has 246 valence electrons. The van der Waals surface area contributed by atoms with Crippen LogP contribution in [0.25, 0.3) is 67.3 Å². The number of rotatable bonds is 5. The maximum atomic E-state index is 5.38. The molecule has 0 saturated heterocycles. The van der Waals surface area contributed by atoms with Gasteiger partial charge in [0.25, 0.3) is 0 Å². The summed E-state index contributed by atoms with van der Waals surface area (Å²) < 4.78 is 0. The second-order valence-electron chi connectivity index (χ2n) is 14.3. The fourth-order valence-corrected chi connectivity index (χ4v) is 8.74. The van der Waals surface area contributed by atoms with E-state index in [9.17, 15) is 0 Å². The van der Waals surface area contributed by atoms with Gasteiger partial charge in [0, 0.05) is 16.7 Å². The van der Waals surface area contributed by atoms with Crippen LogP contribution in [0.1, 0.15) is 47.6 Å². The Kier molecular flexibility index (Phi) is 6.94. The molecule has 0 bridgehead atoms. The molecule has 2 heteroatoms. The molecule has 0 atom stereocenters. The predicted molar refractivity (Wildman–Crippen MR) is 214 cm³/mol. The van der Waals surface area contributed by atoms with Crippen LogP contribution in [0.5, 0.6) is 0 Å². The second kappa shape index (κ2) is 11.9. The number of nitrogens with zero attached hydrogens (tertiary/aromatic N) is 2. The summed E-state index contributed by atoms with van der Waals surface area (Å²) in [4.78, 5) is 10.7. The van der Waals surface area contributed by atoms with Gasteiger partial charge in [0.2, 0.25) is 0 Å². The summed E-state index contributed by atoms with van der Waals surface area (Å²) in [5, 5.41) is 0. The van der Waals surface area contributed by atoms with Gasteiger partial charge in [-0.3, -0.25) is 0 Å². The van der Waals surface area contributed by atoms with E-state index in [1.165, 1.54) is 61.2 Å². The van der Waals surface area contributed by atoms with Crippen molar-refractivity contribution in [2.75, 3.05) is 0 Å². The first-order valence-electron chi connectivity index (χ1n) is 18.2. The number of aromatic nitrogens is 2. The summed E-state index contributed by atoms with van der Waals surface area (Å²) in [5.41, 5.74) is 18.7. The SMILES string of the molecule is CC(C)c1cc(-c2ccccc2)cc(-c2cc(-c3cccc4c3-c3ccccc3C43c4ccccc4-c4ccccc43)nc(-c3ccccc3)n2)c1. The molecule has 1 heterocycles. The molecule has 2 aliphatic carbocycles. The lowest BCUT2D eigenvalue weighted by Crippen LogP contribution is -2.25. The summed E-state index contributed by atoms with van der Waals surface area (Å²) in [7, 11) is 0. The van der Waals surface area contributed by atoms with Crippen LogP contribution in [0, 0.1) is 0 Å². The van der Waals surface area contributed by atoms with Crippen molar-refractivity contribution in [3.63, 3.8) is 0 Å². The van der Waals surface area contributed by atoms with Crippen molar-refractivity contribution in [2.24, 2.45) is 0 Å². The lowest BCUT2D eigenvalue weighted by atomic mass is 9.70. The fraction of sp³-hybridized carbons (Fsp3) is 0.0800. The highest BCUT2D eigenvalue weighted by Crippen LogP contribution is 2.63. The summed E-state index contributed by atoms with van der Waals surface area (Å²) in [6.45, 7) is 4.52. The van der Waals surface area contributed by atoms with E-state index < -0.39 is 5.41 Å². The van der Waals surface area contributed by atoms with Crippen LogP contribution >= 0.6 is 0 Å². The van der Waals surface area contributed by atoms with Crippen molar-refractivity contribution >= 4 is 0 Å². The lowest BCUT2D eigenvalue weighted by Gasteiger charge is -2.30. The Balaban J connectivity index is 1.25. The highest BCUT2D eigenvalue weighted by Gasteiger charge is 2.52. The smallest absolute Gasteiger partial charge is 0.160 e. The van der Waals surface area contributed by atoms with E-state index in [0.717, 1.165) is 33.9 Å². The first-order valence-corrected chi connectivity index (χ1v) is 18.2. The first-order chi connectivity index (χ1) is 25.6. The molecule has 0 aliphatic heterocycles. The van der Waals surface area contributed by atoms with Gasteiger partial charge in [0.15, 0.2) is 5.82 Å². The zero-order chi connectivity index (χ0) is 34.8. The van der Waals surface area contributed by atoms with E-state index in [0.29, 0.717) is 5.92 Å². The van der Waals surface area contributed by atoms with Gasteiger partial charge in [-0.05, 0) is 85.3 Å². The molecule has 2 nitrogen and oxygen atoms in total. The molecule has 0 fully saturated rings. The third kappa shape index (κ3) is 4.50. The van der Waals surface area contributed by atoms with Gasteiger partial charge in [-0.25, -0.2) is 9.97 Å². The maximum Gasteiger partial charge on any atom is 0.160 e. The first kappa shape index (κ1) is 30.4. The van der Waals surface area contributed by atoms with Crippen molar-refractivity contribution in [3.05, 3.63) is 204 Å². The van der Waals surface area contributed by atoms with Crippen LogP contribution in [0.4, 0.5) is 0 Å². The maximum absolute atomic E-state index is 5.38. The van der Waals surface area contributed by atoms with Gasteiger partial charge in [-0.15, -0.1) is 0 Å². The third-order valence-electron chi connectivity index (χ3n) is 11.1. The van der Waals surface area contributed by atoms with Gasteiger partial charge in [0.1, 0.15) is 0 Å². The molecular formula is C50H36N2. The molecule has 1 spiro atoms. The predicted octanol–water partition coefficient (Wildman–Crippen LogP) is 12.6. The van der Waals surface area contributed by atoms with Crippen molar-refractivity contribution < 1.29 is 0 Å². The van der Waals surface area contributed by atoms with E-state index in [-0.39, 0.29) is 0 Å². The van der Waals surface area contributed by atoms with E-state index in [1.54, 1.807) is 0 Å². The monoisotopic (exact) mass is 664 g/mol. The van der Waals surface area contributed by atoms with Gasteiger partial charge >= 0.3 is 0 Å². The average molecular weight is 665 g/mol. The molecule has 52 heavy (non-hydrogen) atoms. The molecule has 7 aromatic carbocycles. The Bertz CT molecular complexity index is 2610. The molecule has 0 saturated carbocycles. The molecule has 2 aliphatic rings. The Labute approximate surface area is 305 Å². The zero-order valence-electron chi connectivity index (χ0n) is 29.2. The summed E-state index contributed by atoms with van der Waals surface area (Å²) >= 11 is 0. The third-order valence-corrected chi connectivity index (χ3v) is 11.1. The summed E-state index contributed by atoms with van der Waals surface area (Å²) in [6.07, 6.45) is 0. The fourth-order valence-electron chi connectivity index (χ4n) is 8.74. The Hall–Kier alpha value is -6.38. The lowest BCUT2D eigenvalue weighted by molar-refractivity contribution is 0.794. The Morgan fingerprint density at radius 1 is 0.385 bits per heavy atom. The molecule has 1 aromatic heterocycles. The highest BCUT2D eigenvalue weighted by atomic mass is 14.9. The molecule has 0 unspecified atom stereocenters. The van der Waals surface area contributed by atoms with E-state index in [1.807, 2.05) is 6.07 Å². The Morgan fingerprint density at radius 3 is 1.54 bits per heavy atom. The topological polar surface area (TPSA) is 25.8 Å². The van der Waals surface area contributed by atoms with Gasteiger partial charge in [0.05, 0.1) is 16.8 Å². The van der Waals surface area contributed by atoms with Crippen LogP contribution in [0.2, 0.25) is 0 Å². The van der Waals surface area contributed by atoms with Crippen LogP contribution in [0.3, 0.4) is 0 Å². The normalized spacial score (nSPS) is 13.1. The minimum Gasteiger partial charge on any atom is -0.228 e. The van der Waals surface area contributed by atoms with E-state index in [2.05, 4.69) is 184 Å². The summed E-state index contributed by atoms with van der Waals surface area (Å²) in [6, 6.07) is 63.9. The van der Waals surface area contributed by atoms with Gasteiger partial charge in [-0.1, -0.05) is 172 Å². The van der Waals surface area contributed by atoms with Crippen molar-refractivity contribution in [3.8, 4) is 67.3 Å². The second-order valence-corrected chi connectivity index (χ2v) is 14.3. The zero-order valence-corrected chi connectivity index (χ0v) is 29.2. The number of benzene rings is 7. The number of hydrogen-bond donors (Lipinski definition) is 0. The van der Waals surface area contributed by atoms with Crippen LogP contribution in [-0.4, -0.2) is 9.97 Å². The molecule has 10 rings (SSSR count). The quantitative estimate of drug-likeness (QED) is 0.183. The molecule has 8 aromatic rings. The Morgan fingerprint density at radius 2 is 0.885 bits per heavy atom. The van der Waals surface area contributed by atoms with Gasteiger partial charge in [-0.2, -0.15) is 0 Å². The minimum absolute atomic E-state index is 0.361. The standard InChI is InChI=1S/C50H36N2/c1-32(2)35-28-36(33-16-5-3-6-17-33)30-37(29-35)46-31-47(52-49(51-46)34-18-7-4-8-19-34)41-23-15-27-45-48(41)40-22-11-14-26-44(40)50(45)42-24-12-9-20-38(42)39-21-10-13-25-43(39)50/h3-32H,1-2H3. The van der Waals surface area contributed by atoms with E-state index >= 15 is 0 Å². The van der Waals surface area contributed by atoms with E-state index in [4.69, 9.17) is 9.97 Å². The van der Waals surface area contributed by atoms with Crippen LogP contribution in [0.15, 0.2) is 176 Å². The average Bonchev–Trinajstić information content (AvgIpc) is 3.69. The van der Waals surface area contributed by atoms with Crippen molar-refractivity contribution in [1.29, 1.82) is 0 Å². The molecule has 0 radical (unpaired) electrons. The van der Waals surface area contributed by atoms with Crippen LogP contribution < -0.4 is 0 Å². The number of fused-ring (bicyclic) bond motifs is 10. The van der Waals surface area contributed by atoms with Gasteiger partial charge < -0.3 is 0 Å². The highest BCUT2D eigenvalue weighted by molar-refractivity contribution is 5.99. The minimum atomic E-state index is -0.413. The molecule has 0 amide bonds. The van der Waals surface area contributed by atoms with Crippen LogP contribution in [-0.2, 0) is 5.41 Å². The molecule has 0 N–H and O–H groups in total. The molecular weight excluding hydrogens is 629 g/mol. The summed E-state index contributed by atoms with van der Waals surface area (Å²) in [5.74, 6) is 1.08. The number of hydrogen-bond acceptors (Lipinski definition) is 2. The van der Waals surface area contributed by atoms with Crippen molar-refractivity contribution in [2.45, 2.75) is 25.2 Å². The van der Waals surface area contributed by atoms with Crippen molar-refractivity contribution in [1.82, 2.24) is 9.97 Å². The largest absolute Gasteiger partial charge is 0.228 e.